The molecule has 7 heteroatoms. The van der Waals surface area contributed by atoms with Crippen LogP contribution in [0.3, 0.4) is 0 Å². The molecule has 0 spiro atoms. The van der Waals surface area contributed by atoms with E-state index in [-0.39, 0.29) is 13.0 Å². The third kappa shape index (κ3) is 3.00. The second-order valence-corrected chi connectivity index (χ2v) is 6.95. The van der Waals surface area contributed by atoms with Crippen LogP contribution in [0.25, 0.3) is 0 Å². The lowest BCUT2D eigenvalue weighted by Crippen LogP contribution is -2.34. The Hall–Kier alpha value is -1.44. The second kappa shape index (κ2) is 5.90. The number of sulfonamides is 1. The van der Waals surface area contributed by atoms with E-state index in [1.807, 2.05) is 30.3 Å². The number of nitrogens with zero attached hydrogens (tertiary/aromatic N) is 1. The molecule has 0 aromatic heterocycles. The Balaban J connectivity index is 1.93. The minimum atomic E-state index is -3.76. The summed E-state index contributed by atoms with van der Waals surface area (Å²) in [5.74, 6) is -1.30. The summed E-state index contributed by atoms with van der Waals surface area (Å²) < 4.78 is 30.3. The number of likely N-dealkylation sites (N-methyl/N-ethyl adjacent to an activating group) is 1. The third-order valence-electron chi connectivity index (χ3n) is 3.46. The van der Waals surface area contributed by atoms with Crippen molar-refractivity contribution in [2.45, 2.75) is 24.3 Å². The fourth-order valence-electron chi connectivity index (χ4n) is 2.21. The highest BCUT2D eigenvalue weighted by molar-refractivity contribution is 7.90. The van der Waals surface area contributed by atoms with E-state index in [9.17, 15) is 13.2 Å². The number of hydrogen-bond acceptors (Lipinski definition) is 4. The van der Waals surface area contributed by atoms with E-state index in [2.05, 4.69) is 0 Å². The van der Waals surface area contributed by atoms with Gasteiger partial charge in [0.05, 0.1) is 13.2 Å². The summed E-state index contributed by atoms with van der Waals surface area (Å²) in [4.78, 5) is 11.0. The van der Waals surface area contributed by atoms with Crippen LogP contribution in [0, 0.1) is 0 Å². The third-order valence-corrected chi connectivity index (χ3v) is 5.67. The van der Waals surface area contributed by atoms with E-state index in [0.717, 1.165) is 9.87 Å². The van der Waals surface area contributed by atoms with Gasteiger partial charge in [-0.05, 0) is 12.0 Å². The lowest BCUT2D eigenvalue weighted by atomic mass is 10.1. The van der Waals surface area contributed by atoms with Crippen LogP contribution in [0.15, 0.2) is 30.3 Å². The Morgan fingerprint density at radius 1 is 1.40 bits per heavy atom. The maximum Gasteiger partial charge on any atom is 0.323 e. The number of carboxylic acid groups (broad SMARTS) is 1. The van der Waals surface area contributed by atoms with Crippen molar-refractivity contribution in [3.63, 3.8) is 0 Å². The summed E-state index contributed by atoms with van der Waals surface area (Å²) in [5.41, 5.74) is 0.991. The summed E-state index contributed by atoms with van der Waals surface area (Å²) in [7, 11) is -2.36. The van der Waals surface area contributed by atoms with Crippen LogP contribution in [0.5, 0.6) is 0 Å². The molecule has 110 valence electrons. The first-order chi connectivity index (χ1) is 9.43. The number of rotatable bonds is 5. The molecule has 1 aliphatic rings. The van der Waals surface area contributed by atoms with Crippen molar-refractivity contribution >= 4 is 16.0 Å². The lowest BCUT2D eigenvalue weighted by molar-refractivity contribution is -0.136. The normalized spacial score (nSPS) is 25.6. The molecule has 1 aliphatic heterocycles. The largest absolute Gasteiger partial charge is 0.480 e. The van der Waals surface area contributed by atoms with E-state index in [1.165, 1.54) is 7.05 Å². The Morgan fingerprint density at radius 2 is 2.05 bits per heavy atom. The highest BCUT2D eigenvalue weighted by Crippen LogP contribution is 2.26. The second-order valence-electron chi connectivity index (χ2n) is 4.78. The number of benzene rings is 1. The average Bonchev–Trinajstić information content (AvgIpc) is 2.63. The van der Waals surface area contributed by atoms with Gasteiger partial charge >= 0.3 is 5.97 Å². The molecule has 0 amide bonds. The monoisotopic (exact) mass is 299 g/mol. The zero-order chi connectivity index (χ0) is 14.8. The van der Waals surface area contributed by atoms with Crippen LogP contribution >= 0.6 is 0 Å². The van der Waals surface area contributed by atoms with E-state index >= 15 is 0 Å². The van der Waals surface area contributed by atoms with Crippen molar-refractivity contribution in [1.82, 2.24) is 4.31 Å². The van der Waals surface area contributed by atoms with E-state index < -0.39 is 27.3 Å². The fourth-order valence-corrected chi connectivity index (χ4v) is 3.90. The molecule has 0 bridgehead atoms. The highest BCUT2D eigenvalue weighted by atomic mass is 32.2. The summed E-state index contributed by atoms with van der Waals surface area (Å²) in [6.07, 6.45) is 0.0585. The molecule has 2 atom stereocenters. The van der Waals surface area contributed by atoms with E-state index in [4.69, 9.17) is 9.84 Å². The molecule has 1 aromatic rings. The van der Waals surface area contributed by atoms with Crippen molar-refractivity contribution in [3.05, 3.63) is 35.9 Å². The summed E-state index contributed by atoms with van der Waals surface area (Å²) in [6.45, 7) is 0.567. The average molecular weight is 299 g/mol. The molecule has 1 saturated heterocycles. The number of carbonyl (C=O) groups is 1. The Bertz CT molecular complexity index is 572. The highest BCUT2D eigenvalue weighted by Gasteiger charge is 2.47. The SMILES string of the molecule is CN1C(COCc2ccccc2)CC(C(=O)O)S1(=O)=O. The molecule has 0 saturated carbocycles. The van der Waals surface area contributed by atoms with Crippen molar-refractivity contribution in [2.24, 2.45) is 0 Å². The Labute approximate surface area is 118 Å². The van der Waals surface area contributed by atoms with Crippen LogP contribution in [-0.4, -0.2) is 48.7 Å². The molecular formula is C13H17NO5S. The molecule has 0 aliphatic carbocycles. The summed E-state index contributed by atoms with van der Waals surface area (Å²) >= 11 is 0. The predicted octanol–water partition coefficient (Wildman–Crippen LogP) is 0.690. The Kier molecular flexibility index (Phi) is 4.42. The maximum absolute atomic E-state index is 11.9. The molecule has 1 N–H and O–H groups in total. The molecule has 1 heterocycles. The van der Waals surface area contributed by atoms with Gasteiger partial charge in [-0.2, -0.15) is 4.31 Å². The van der Waals surface area contributed by atoms with Crippen molar-refractivity contribution in [2.75, 3.05) is 13.7 Å². The zero-order valence-electron chi connectivity index (χ0n) is 11.1. The smallest absolute Gasteiger partial charge is 0.323 e. The van der Waals surface area contributed by atoms with Gasteiger partial charge in [-0.3, -0.25) is 4.79 Å². The minimum Gasteiger partial charge on any atom is -0.480 e. The van der Waals surface area contributed by atoms with Gasteiger partial charge in [0.15, 0.2) is 5.25 Å². The van der Waals surface area contributed by atoms with Crippen LogP contribution in [0.4, 0.5) is 0 Å². The Morgan fingerprint density at radius 3 is 2.60 bits per heavy atom. The first-order valence-corrected chi connectivity index (χ1v) is 7.74. The van der Waals surface area contributed by atoms with E-state index in [0.29, 0.717) is 6.61 Å². The number of carboxylic acids is 1. The predicted molar refractivity (Wildman–Crippen MR) is 72.6 cm³/mol. The molecule has 20 heavy (non-hydrogen) atoms. The molecule has 2 unspecified atom stereocenters. The first-order valence-electron chi connectivity index (χ1n) is 6.24. The first kappa shape index (κ1) is 15.0. The molecule has 0 radical (unpaired) electrons. The standard InChI is InChI=1S/C13H17NO5S/c1-14-11(7-12(13(15)16)20(14,17)18)9-19-8-10-5-3-2-4-6-10/h2-6,11-12H,7-9H2,1H3,(H,15,16). The fraction of sp³-hybridized carbons (Fsp3) is 0.462. The van der Waals surface area contributed by atoms with Crippen molar-refractivity contribution in [1.29, 1.82) is 0 Å². The quantitative estimate of drug-likeness (QED) is 0.865. The molecule has 6 nitrogen and oxygen atoms in total. The van der Waals surface area contributed by atoms with Gasteiger partial charge in [-0.25, -0.2) is 8.42 Å². The van der Waals surface area contributed by atoms with Gasteiger partial charge in [0, 0.05) is 13.1 Å². The number of hydrogen-bond donors (Lipinski definition) is 1. The van der Waals surface area contributed by atoms with Gasteiger partial charge in [0.25, 0.3) is 0 Å². The van der Waals surface area contributed by atoms with Gasteiger partial charge in [-0.1, -0.05) is 30.3 Å². The van der Waals surface area contributed by atoms with E-state index in [1.54, 1.807) is 0 Å². The van der Waals surface area contributed by atoms with Crippen LogP contribution in [0.1, 0.15) is 12.0 Å². The van der Waals surface area contributed by atoms with Gasteiger partial charge in [0.2, 0.25) is 10.0 Å². The lowest BCUT2D eigenvalue weighted by Gasteiger charge is -2.17. The topological polar surface area (TPSA) is 83.9 Å². The minimum absolute atomic E-state index is 0.0585. The van der Waals surface area contributed by atoms with Crippen LogP contribution in [0.2, 0.25) is 0 Å². The van der Waals surface area contributed by atoms with Crippen molar-refractivity contribution in [3.8, 4) is 0 Å². The maximum atomic E-state index is 11.9. The molecule has 1 fully saturated rings. The number of ether oxygens (including phenoxy) is 1. The van der Waals surface area contributed by atoms with Gasteiger partial charge in [0.1, 0.15) is 0 Å². The zero-order valence-corrected chi connectivity index (χ0v) is 11.9. The summed E-state index contributed by atoms with van der Waals surface area (Å²) in [6, 6.07) is 9.09. The molecule has 2 rings (SSSR count). The van der Waals surface area contributed by atoms with Crippen LogP contribution < -0.4 is 0 Å². The van der Waals surface area contributed by atoms with Crippen molar-refractivity contribution < 1.29 is 23.1 Å². The molecule has 1 aromatic carbocycles. The van der Waals surface area contributed by atoms with Crippen LogP contribution in [-0.2, 0) is 26.2 Å². The van der Waals surface area contributed by atoms with Gasteiger partial charge in [-0.15, -0.1) is 0 Å². The number of aliphatic carboxylic acids is 1. The summed E-state index contributed by atoms with van der Waals surface area (Å²) in [5, 5.41) is 7.58. The van der Waals surface area contributed by atoms with Gasteiger partial charge < -0.3 is 9.84 Å². The molecular weight excluding hydrogens is 282 g/mol.